The van der Waals surface area contributed by atoms with Crippen molar-refractivity contribution >= 4 is 0 Å². The Balaban J connectivity index is 2.71. The van der Waals surface area contributed by atoms with Crippen molar-refractivity contribution in [3.63, 3.8) is 0 Å². The average Bonchev–Trinajstić information content (AvgIpc) is 2.37. The third kappa shape index (κ3) is 5.23. The lowest BCUT2D eigenvalue weighted by molar-refractivity contribution is -0.0499. The fourth-order valence-corrected chi connectivity index (χ4v) is 1.84. The van der Waals surface area contributed by atoms with Crippen LogP contribution in [0, 0.1) is 11.3 Å². The second-order valence-corrected chi connectivity index (χ2v) is 4.31. The van der Waals surface area contributed by atoms with Crippen LogP contribution in [-0.4, -0.2) is 12.7 Å². The number of ether oxygens (including phenoxy) is 1. The van der Waals surface area contributed by atoms with Crippen molar-refractivity contribution in [3.05, 3.63) is 29.8 Å². The Morgan fingerprint density at radius 2 is 2.16 bits per heavy atom. The Hall–Kier alpha value is -1.67. The van der Waals surface area contributed by atoms with E-state index in [-0.39, 0.29) is 17.8 Å². The molecule has 2 atom stereocenters. The fraction of sp³-hybridized carbons (Fsp3) is 0.500. The van der Waals surface area contributed by atoms with E-state index >= 15 is 0 Å². The molecule has 0 fully saturated rings. The molecule has 0 heterocycles. The standard InChI is InChI=1S/C14H18F2N2O/c1-3-12(7-8-17)18-10(2)11-5-4-6-13(9-11)19-14(15)16/h4-6,9-10,12,14,18H,3,7H2,1-2H3. The molecular formula is C14H18F2N2O. The molecule has 0 aliphatic rings. The highest BCUT2D eigenvalue weighted by molar-refractivity contribution is 5.30. The van der Waals surface area contributed by atoms with Crippen LogP contribution in [0.5, 0.6) is 5.75 Å². The van der Waals surface area contributed by atoms with Crippen molar-refractivity contribution in [3.8, 4) is 11.8 Å². The second kappa shape index (κ2) is 7.70. The van der Waals surface area contributed by atoms with Gasteiger partial charge in [-0.05, 0) is 31.0 Å². The van der Waals surface area contributed by atoms with Crippen molar-refractivity contribution in [2.45, 2.75) is 45.4 Å². The Bertz CT molecular complexity index is 432. The van der Waals surface area contributed by atoms with Crippen molar-refractivity contribution in [1.29, 1.82) is 5.26 Å². The summed E-state index contributed by atoms with van der Waals surface area (Å²) in [5.41, 5.74) is 0.856. The number of rotatable bonds is 7. The molecule has 0 amide bonds. The summed E-state index contributed by atoms with van der Waals surface area (Å²) in [4.78, 5) is 0. The molecule has 0 bridgehead atoms. The molecule has 3 nitrogen and oxygen atoms in total. The number of nitrogens with one attached hydrogen (secondary N) is 1. The van der Waals surface area contributed by atoms with Crippen molar-refractivity contribution in [2.24, 2.45) is 0 Å². The van der Waals surface area contributed by atoms with E-state index in [0.29, 0.717) is 6.42 Å². The molecule has 0 radical (unpaired) electrons. The minimum absolute atomic E-state index is 0.0282. The van der Waals surface area contributed by atoms with E-state index in [0.717, 1.165) is 12.0 Å². The number of halogens is 2. The highest BCUT2D eigenvalue weighted by Crippen LogP contribution is 2.21. The number of hydrogen-bond acceptors (Lipinski definition) is 3. The predicted molar refractivity (Wildman–Crippen MR) is 68.9 cm³/mol. The summed E-state index contributed by atoms with van der Waals surface area (Å²) in [7, 11) is 0. The number of nitriles is 1. The molecule has 1 aromatic carbocycles. The largest absolute Gasteiger partial charge is 0.435 e. The first-order valence-corrected chi connectivity index (χ1v) is 6.24. The van der Waals surface area contributed by atoms with Gasteiger partial charge in [0.15, 0.2) is 0 Å². The SMILES string of the molecule is CCC(CC#N)NC(C)c1cccc(OC(F)F)c1. The molecule has 1 rings (SSSR count). The van der Waals surface area contributed by atoms with Gasteiger partial charge in [0.25, 0.3) is 0 Å². The Morgan fingerprint density at radius 3 is 2.74 bits per heavy atom. The Labute approximate surface area is 112 Å². The topological polar surface area (TPSA) is 45.0 Å². The molecule has 2 unspecified atom stereocenters. The lowest BCUT2D eigenvalue weighted by atomic mass is 10.1. The lowest BCUT2D eigenvalue weighted by Crippen LogP contribution is -2.30. The molecule has 104 valence electrons. The van der Waals surface area contributed by atoms with Crippen LogP contribution in [0.3, 0.4) is 0 Å². The molecule has 1 aromatic rings. The van der Waals surface area contributed by atoms with E-state index in [4.69, 9.17) is 5.26 Å². The first kappa shape index (κ1) is 15.4. The Morgan fingerprint density at radius 1 is 1.42 bits per heavy atom. The van der Waals surface area contributed by atoms with Crippen LogP contribution >= 0.6 is 0 Å². The quantitative estimate of drug-likeness (QED) is 0.821. The van der Waals surface area contributed by atoms with E-state index in [2.05, 4.69) is 16.1 Å². The van der Waals surface area contributed by atoms with E-state index in [1.54, 1.807) is 12.1 Å². The van der Waals surface area contributed by atoms with Gasteiger partial charge in [-0.25, -0.2) is 0 Å². The van der Waals surface area contributed by atoms with E-state index in [9.17, 15) is 8.78 Å². The maximum absolute atomic E-state index is 12.1. The van der Waals surface area contributed by atoms with Gasteiger partial charge in [0.2, 0.25) is 0 Å². The summed E-state index contributed by atoms with van der Waals surface area (Å²) in [6.07, 6.45) is 1.26. The minimum atomic E-state index is -2.82. The van der Waals surface area contributed by atoms with Gasteiger partial charge in [-0.3, -0.25) is 0 Å². The van der Waals surface area contributed by atoms with Crippen molar-refractivity contribution in [2.75, 3.05) is 0 Å². The summed E-state index contributed by atoms with van der Waals surface area (Å²) in [6, 6.07) is 8.80. The molecule has 0 aromatic heterocycles. The third-order valence-corrected chi connectivity index (χ3v) is 2.90. The van der Waals surface area contributed by atoms with Crippen LogP contribution in [0.4, 0.5) is 8.78 Å². The maximum Gasteiger partial charge on any atom is 0.387 e. The highest BCUT2D eigenvalue weighted by atomic mass is 19.3. The van der Waals surface area contributed by atoms with E-state index in [1.165, 1.54) is 6.07 Å². The number of benzene rings is 1. The van der Waals surface area contributed by atoms with Gasteiger partial charge >= 0.3 is 6.61 Å². The Kier molecular flexibility index (Phi) is 6.23. The van der Waals surface area contributed by atoms with Gasteiger partial charge in [0.05, 0.1) is 12.5 Å². The zero-order chi connectivity index (χ0) is 14.3. The van der Waals surface area contributed by atoms with Gasteiger partial charge in [-0.15, -0.1) is 0 Å². The normalized spacial score (nSPS) is 13.9. The molecule has 0 spiro atoms. The minimum Gasteiger partial charge on any atom is -0.435 e. The maximum atomic E-state index is 12.1. The monoisotopic (exact) mass is 268 g/mol. The molecule has 1 N–H and O–H groups in total. The lowest BCUT2D eigenvalue weighted by Gasteiger charge is -2.21. The molecule has 19 heavy (non-hydrogen) atoms. The van der Waals surface area contributed by atoms with Crippen LogP contribution in [0.2, 0.25) is 0 Å². The van der Waals surface area contributed by atoms with Gasteiger partial charge in [0, 0.05) is 12.1 Å². The fourth-order valence-electron chi connectivity index (χ4n) is 1.84. The van der Waals surface area contributed by atoms with E-state index in [1.807, 2.05) is 19.9 Å². The highest BCUT2D eigenvalue weighted by Gasteiger charge is 2.13. The van der Waals surface area contributed by atoms with Crippen LogP contribution < -0.4 is 10.1 Å². The summed E-state index contributed by atoms with van der Waals surface area (Å²) in [5.74, 6) is 0.148. The van der Waals surface area contributed by atoms with Gasteiger partial charge in [0.1, 0.15) is 5.75 Å². The van der Waals surface area contributed by atoms with Crippen LogP contribution in [0.15, 0.2) is 24.3 Å². The molecule has 0 aliphatic heterocycles. The zero-order valence-electron chi connectivity index (χ0n) is 11.1. The summed E-state index contributed by atoms with van der Waals surface area (Å²) in [6.45, 7) is 1.11. The van der Waals surface area contributed by atoms with Crippen molar-refractivity contribution < 1.29 is 13.5 Å². The first-order chi connectivity index (χ1) is 9.06. The average molecular weight is 268 g/mol. The van der Waals surface area contributed by atoms with Crippen LogP contribution in [0.1, 0.15) is 38.3 Å². The van der Waals surface area contributed by atoms with Gasteiger partial charge < -0.3 is 10.1 Å². The van der Waals surface area contributed by atoms with Gasteiger partial charge in [-0.1, -0.05) is 19.1 Å². The molecule has 0 saturated carbocycles. The predicted octanol–water partition coefficient (Wildman–Crippen LogP) is 3.63. The summed E-state index contributed by atoms with van der Waals surface area (Å²) >= 11 is 0. The molecule has 5 heteroatoms. The number of hydrogen-bond donors (Lipinski definition) is 1. The number of alkyl halides is 2. The molecular weight excluding hydrogens is 250 g/mol. The summed E-state index contributed by atoms with van der Waals surface area (Å²) < 4.78 is 28.7. The van der Waals surface area contributed by atoms with Crippen LogP contribution in [0.25, 0.3) is 0 Å². The summed E-state index contributed by atoms with van der Waals surface area (Å²) in [5, 5.41) is 12.0. The van der Waals surface area contributed by atoms with E-state index < -0.39 is 6.61 Å². The zero-order valence-corrected chi connectivity index (χ0v) is 11.1. The van der Waals surface area contributed by atoms with Gasteiger partial charge in [-0.2, -0.15) is 14.0 Å². The van der Waals surface area contributed by atoms with Crippen molar-refractivity contribution in [1.82, 2.24) is 5.32 Å². The van der Waals surface area contributed by atoms with Crippen LogP contribution in [-0.2, 0) is 0 Å². The second-order valence-electron chi connectivity index (χ2n) is 4.31. The molecule has 0 aliphatic carbocycles. The smallest absolute Gasteiger partial charge is 0.387 e. The molecule has 0 saturated heterocycles. The first-order valence-electron chi connectivity index (χ1n) is 6.24. The number of nitrogens with zero attached hydrogens (tertiary/aromatic N) is 1. The third-order valence-electron chi connectivity index (χ3n) is 2.90.